The van der Waals surface area contributed by atoms with E-state index < -0.39 is 0 Å². The van der Waals surface area contributed by atoms with Gasteiger partial charge in [-0.3, -0.25) is 0 Å². The van der Waals surface area contributed by atoms with Gasteiger partial charge in [0.15, 0.2) is 0 Å². The molecule has 0 amide bonds. The maximum absolute atomic E-state index is 9.30. The summed E-state index contributed by atoms with van der Waals surface area (Å²) in [5, 5.41) is 18.5. The Morgan fingerprint density at radius 3 is 2.63 bits per heavy atom. The molecular formula is C13H11N5O. The van der Waals surface area contributed by atoms with E-state index >= 15 is 0 Å². The molecule has 2 aromatic rings. The number of H-pyrrole nitrogens is 1. The molecule has 19 heavy (non-hydrogen) atoms. The van der Waals surface area contributed by atoms with Crippen LogP contribution in [0.15, 0.2) is 18.3 Å². The van der Waals surface area contributed by atoms with Crippen molar-refractivity contribution in [2.45, 2.75) is 6.92 Å². The van der Waals surface area contributed by atoms with Crippen molar-refractivity contribution in [3.05, 3.63) is 29.5 Å². The number of nitrogens with one attached hydrogen (secondary N) is 1. The average molecular weight is 253 g/mol. The van der Waals surface area contributed by atoms with E-state index in [0.717, 1.165) is 0 Å². The smallest absolute Gasteiger partial charge is 0.234 e. The summed E-state index contributed by atoms with van der Waals surface area (Å²) in [5.41, 5.74) is 7.18. The molecule has 0 atom stereocenters. The molecule has 6 nitrogen and oxygen atoms in total. The molecule has 0 unspecified atom stereocenters. The summed E-state index contributed by atoms with van der Waals surface area (Å²) in [7, 11) is 0. The van der Waals surface area contributed by atoms with Gasteiger partial charge in [-0.2, -0.15) is 15.5 Å². The molecule has 0 aliphatic rings. The first-order valence-electron chi connectivity index (χ1n) is 5.63. The predicted molar refractivity (Wildman–Crippen MR) is 69.0 cm³/mol. The first-order chi connectivity index (χ1) is 9.22. The summed E-state index contributed by atoms with van der Waals surface area (Å²) in [6.45, 7) is 2.14. The van der Waals surface area contributed by atoms with Gasteiger partial charge in [0.2, 0.25) is 5.88 Å². The third-order valence-corrected chi connectivity index (χ3v) is 2.56. The van der Waals surface area contributed by atoms with Gasteiger partial charge in [0.1, 0.15) is 29.1 Å². The number of rotatable bonds is 3. The number of hydrogen-bond acceptors (Lipinski definition) is 5. The van der Waals surface area contributed by atoms with Crippen molar-refractivity contribution in [1.82, 2.24) is 9.97 Å². The number of hydrogen-bond donors (Lipinski definition) is 2. The fraction of sp³-hybridized carbons (Fsp3) is 0.154. The molecule has 0 aromatic carbocycles. The Kier molecular flexibility index (Phi) is 3.35. The lowest BCUT2D eigenvalue weighted by atomic mass is 10.0. The molecule has 0 radical (unpaired) electrons. The molecule has 0 aliphatic carbocycles. The van der Waals surface area contributed by atoms with Crippen LogP contribution in [0.3, 0.4) is 0 Å². The standard InChI is InChI=1S/C13H11N5O/c1-2-19-13-9(7-15)11(10-4-3-5-17-10)8(6-14)12(16)18-13/h3-5,17H,2H2,1H3,(H2,16,18). The Hall–Kier alpha value is -2.99. The van der Waals surface area contributed by atoms with E-state index in [1.165, 1.54) is 0 Å². The van der Waals surface area contributed by atoms with E-state index in [2.05, 4.69) is 9.97 Å². The number of anilines is 1. The number of nitrogen functional groups attached to an aromatic ring is 1. The molecule has 0 aliphatic heterocycles. The van der Waals surface area contributed by atoms with Gasteiger partial charge < -0.3 is 15.5 Å². The van der Waals surface area contributed by atoms with E-state index in [9.17, 15) is 10.5 Å². The van der Waals surface area contributed by atoms with Gasteiger partial charge in [-0.1, -0.05) is 0 Å². The van der Waals surface area contributed by atoms with Gasteiger partial charge in [-0.25, -0.2) is 0 Å². The van der Waals surface area contributed by atoms with Crippen LogP contribution in [0, 0.1) is 22.7 Å². The number of nitriles is 2. The lowest BCUT2D eigenvalue weighted by molar-refractivity contribution is 0.326. The van der Waals surface area contributed by atoms with Crippen molar-refractivity contribution in [2.24, 2.45) is 0 Å². The minimum atomic E-state index is 0.0505. The quantitative estimate of drug-likeness (QED) is 0.866. The lowest BCUT2D eigenvalue weighted by Gasteiger charge is -2.11. The number of ether oxygens (including phenoxy) is 1. The van der Waals surface area contributed by atoms with E-state index in [1.807, 2.05) is 12.1 Å². The van der Waals surface area contributed by atoms with Gasteiger partial charge in [0.25, 0.3) is 0 Å². The van der Waals surface area contributed by atoms with Crippen molar-refractivity contribution >= 4 is 5.82 Å². The highest BCUT2D eigenvalue weighted by atomic mass is 16.5. The van der Waals surface area contributed by atoms with Crippen LogP contribution in [0.1, 0.15) is 18.1 Å². The average Bonchev–Trinajstić information content (AvgIpc) is 2.92. The second-order valence-corrected chi connectivity index (χ2v) is 3.67. The first-order valence-corrected chi connectivity index (χ1v) is 5.63. The van der Waals surface area contributed by atoms with E-state index in [-0.39, 0.29) is 22.8 Å². The third-order valence-electron chi connectivity index (χ3n) is 2.56. The first kappa shape index (κ1) is 12.5. The van der Waals surface area contributed by atoms with Gasteiger partial charge in [-0.05, 0) is 19.1 Å². The number of aromatic nitrogens is 2. The molecule has 2 aromatic heterocycles. The molecule has 0 fully saturated rings. The Morgan fingerprint density at radius 2 is 2.11 bits per heavy atom. The summed E-state index contributed by atoms with van der Waals surface area (Å²) < 4.78 is 5.31. The highest BCUT2D eigenvalue weighted by molar-refractivity contribution is 5.80. The van der Waals surface area contributed by atoms with Crippen LogP contribution >= 0.6 is 0 Å². The number of aromatic amines is 1. The van der Waals surface area contributed by atoms with Crippen LogP contribution in [-0.4, -0.2) is 16.6 Å². The summed E-state index contributed by atoms with van der Waals surface area (Å²) >= 11 is 0. The normalized spacial score (nSPS) is 9.63. The summed E-state index contributed by atoms with van der Waals surface area (Å²) in [5.74, 6) is 0.195. The minimum Gasteiger partial charge on any atom is -0.477 e. The van der Waals surface area contributed by atoms with Crippen LogP contribution in [0.25, 0.3) is 11.3 Å². The van der Waals surface area contributed by atoms with Gasteiger partial charge in [0.05, 0.1) is 6.61 Å². The maximum atomic E-state index is 9.30. The molecule has 2 rings (SSSR count). The predicted octanol–water partition coefficient (Wildman–Crippen LogP) is 1.80. The van der Waals surface area contributed by atoms with E-state index in [0.29, 0.717) is 17.9 Å². The van der Waals surface area contributed by atoms with Crippen LogP contribution in [0.4, 0.5) is 5.82 Å². The van der Waals surface area contributed by atoms with E-state index in [1.54, 1.807) is 25.3 Å². The zero-order valence-electron chi connectivity index (χ0n) is 10.3. The molecule has 0 saturated carbocycles. The van der Waals surface area contributed by atoms with Crippen molar-refractivity contribution in [1.29, 1.82) is 10.5 Å². The molecule has 6 heteroatoms. The Bertz CT molecular complexity index is 677. The summed E-state index contributed by atoms with van der Waals surface area (Å²) in [6.07, 6.45) is 1.70. The number of nitrogens with two attached hydrogens (primary N) is 1. The molecule has 0 bridgehead atoms. The second kappa shape index (κ2) is 5.11. The second-order valence-electron chi connectivity index (χ2n) is 3.67. The highest BCUT2D eigenvalue weighted by Crippen LogP contribution is 2.33. The molecule has 94 valence electrons. The lowest BCUT2D eigenvalue weighted by Crippen LogP contribution is -2.06. The zero-order valence-corrected chi connectivity index (χ0v) is 10.3. The number of pyridine rings is 1. The summed E-state index contributed by atoms with van der Waals surface area (Å²) in [4.78, 5) is 6.93. The third kappa shape index (κ3) is 2.07. The molecular weight excluding hydrogens is 242 g/mol. The zero-order chi connectivity index (χ0) is 13.8. The fourth-order valence-corrected chi connectivity index (χ4v) is 1.79. The maximum Gasteiger partial charge on any atom is 0.234 e. The molecule has 3 N–H and O–H groups in total. The van der Waals surface area contributed by atoms with Crippen LogP contribution in [0.2, 0.25) is 0 Å². The van der Waals surface area contributed by atoms with Gasteiger partial charge in [0, 0.05) is 17.5 Å². The summed E-state index contributed by atoms with van der Waals surface area (Å²) in [6, 6.07) is 7.54. The highest BCUT2D eigenvalue weighted by Gasteiger charge is 2.21. The Morgan fingerprint density at radius 1 is 1.37 bits per heavy atom. The van der Waals surface area contributed by atoms with Crippen LogP contribution in [-0.2, 0) is 0 Å². The molecule has 0 saturated heterocycles. The van der Waals surface area contributed by atoms with Crippen molar-refractivity contribution in [3.63, 3.8) is 0 Å². The van der Waals surface area contributed by atoms with E-state index in [4.69, 9.17) is 10.5 Å². The Labute approximate surface area is 110 Å². The minimum absolute atomic E-state index is 0.0505. The van der Waals surface area contributed by atoms with Gasteiger partial charge >= 0.3 is 0 Å². The number of nitrogens with zero attached hydrogens (tertiary/aromatic N) is 3. The van der Waals surface area contributed by atoms with Gasteiger partial charge in [-0.15, -0.1) is 0 Å². The SMILES string of the molecule is CCOc1nc(N)c(C#N)c(-c2ccc[nH]2)c1C#N. The Balaban J connectivity index is 2.81. The van der Waals surface area contributed by atoms with Crippen LogP contribution < -0.4 is 10.5 Å². The molecule has 2 heterocycles. The topological polar surface area (TPSA) is 112 Å². The molecule has 0 spiro atoms. The largest absolute Gasteiger partial charge is 0.477 e. The van der Waals surface area contributed by atoms with Crippen molar-refractivity contribution < 1.29 is 4.74 Å². The van der Waals surface area contributed by atoms with Crippen LogP contribution in [0.5, 0.6) is 5.88 Å². The van der Waals surface area contributed by atoms with Crippen molar-refractivity contribution in [2.75, 3.05) is 12.3 Å². The fourth-order valence-electron chi connectivity index (χ4n) is 1.79. The monoisotopic (exact) mass is 253 g/mol. The van der Waals surface area contributed by atoms with Crippen molar-refractivity contribution in [3.8, 4) is 29.3 Å².